The van der Waals surface area contributed by atoms with Gasteiger partial charge in [0.15, 0.2) is 0 Å². The molecule has 1 saturated carbocycles. The maximum atomic E-state index is 6.34. The van der Waals surface area contributed by atoms with Crippen molar-refractivity contribution in [2.75, 3.05) is 5.73 Å². The first-order valence-corrected chi connectivity index (χ1v) is 7.58. The van der Waals surface area contributed by atoms with E-state index in [1.807, 2.05) is 18.2 Å². The zero-order valence-corrected chi connectivity index (χ0v) is 13.0. The molecule has 0 spiro atoms. The fourth-order valence-corrected chi connectivity index (χ4v) is 3.07. The van der Waals surface area contributed by atoms with Gasteiger partial charge in [0.25, 0.3) is 0 Å². The molecule has 1 aromatic carbocycles. The minimum absolute atomic E-state index is 0.313. The van der Waals surface area contributed by atoms with E-state index in [2.05, 4.69) is 18.4 Å². The molecule has 2 aromatic rings. The number of nitrogen functional groups attached to an aromatic ring is 1. The molecule has 3 nitrogen and oxygen atoms in total. The van der Waals surface area contributed by atoms with Gasteiger partial charge in [0, 0.05) is 17.5 Å². The highest BCUT2D eigenvalue weighted by atomic mass is 35.5. The van der Waals surface area contributed by atoms with Gasteiger partial charge in [0.05, 0.1) is 10.0 Å². The summed E-state index contributed by atoms with van der Waals surface area (Å²) in [5.41, 5.74) is 7.77. The van der Waals surface area contributed by atoms with Crippen LogP contribution in [-0.4, -0.2) is 9.55 Å². The smallest absolute Gasteiger partial charge is 0.132 e. The van der Waals surface area contributed by atoms with Crippen LogP contribution in [0.15, 0.2) is 18.2 Å². The Morgan fingerprint density at radius 3 is 2.35 bits per heavy atom. The van der Waals surface area contributed by atoms with Crippen molar-refractivity contribution < 1.29 is 0 Å². The Kier molecular flexibility index (Phi) is 3.43. The highest BCUT2D eigenvalue weighted by Gasteiger charge is 2.31. The summed E-state index contributed by atoms with van der Waals surface area (Å²) in [6.45, 7) is 4.25. The molecule has 0 unspecified atom stereocenters. The molecule has 2 N–H and O–H groups in total. The summed E-state index contributed by atoms with van der Waals surface area (Å²) in [6, 6.07) is 5.93. The monoisotopic (exact) mass is 309 g/mol. The van der Waals surface area contributed by atoms with Crippen LogP contribution in [0.2, 0.25) is 10.0 Å². The van der Waals surface area contributed by atoms with E-state index in [0.717, 1.165) is 24.2 Å². The number of halogens is 2. The second-order valence-electron chi connectivity index (χ2n) is 5.56. The third kappa shape index (κ3) is 2.19. The van der Waals surface area contributed by atoms with Crippen molar-refractivity contribution in [3.05, 3.63) is 34.1 Å². The van der Waals surface area contributed by atoms with Crippen molar-refractivity contribution in [2.45, 2.75) is 38.6 Å². The lowest BCUT2D eigenvalue weighted by Crippen LogP contribution is -2.06. The van der Waals surface area contributed by atoms with Gasteiger partial charge < -0.3 is 10.3 Å². The van der Waals surface area contributed by atoms with Crippen molar-refractivity contribution in [1.82, 2.24) is 9.55 Å². The molecule has 1 fully saturated rings. The Balaban J connectivity index is 2.22. The highest BCUT2D eigenvalue weighted by Crippen LogP contribution is 2.44. The Morgan fingerprint density at radius 1 is 1.25 bits per heavy atom. The number of hydrogen-bond donors (Lipinski definition) is 1. The average molecular weight is 310 g/mol. The van der Waals surface area contributed by atoms with Gasteiger partial charge in [0.2, 0.25) is 0 Å². The summed E-state index contributed by atoms with van der Waals surface area (Å²) in [7, 11) is 0. The van der Waals surface area contributed by atoms with E-state index < -0.39 is 0 Å². The van der Waals surface area contributed by atoms with Crippen LogP contribution in [0.3, 0.4) is 0 Å². The van der Waals surface area contributed by atoms with Gasteiger partial charge in [-0.05, 0) is 25.0 Å². The van der Waals surface area contributed by atoms with Crippen LogP contribution in [0.5, 0.6) is 0 Å². The van der Waals surface area contributed by atoms with Crippen LogP contribution >= 0.6 is 23.2 Å². The lowest BCUT2D eigenvalue weighted by atomic mass is 10.1. The molecule has 5 heteroatoms. The van der Waals surface area contributed by atoms with E-state index in [1.54, 1.807) is 0 Å². The number of nitrogens with two attached hydrogens (primary N) is 1. The molecular weight excluding hydrogens is 293 g/mol. The SMILES string of the molecule is CC(C)c1nc(-c2c(Cl)cccc2Cl)c(N)n1C1CC1. The molecule has 0 radical (unpaired) electrons. The summed E-state index contributed by atoms with van der Waals surface area (Å²) >= 11 is 12.6. The third-order valence-corrected chi connectivity index (χ3v) is 4.23. The topological polar surface area (TPSA) is 43.8 Å². The van der Waals surface area contributed by atoms with Gasteiger partial charge in [-0.25, -0.2) is 4.98 Å². The van der Waals surface area contributed by atoms with Gasteiger partial charge >= 0.3 is 0 Å². The molecular formula is C15H17Cl2N3. The average Bonchev–Trinajstić information content (AvgIpc) is 3.15. The van der Waals surface area contributed by atoms with Crippen LogP contribution in [0.25, 0.3) is 11.3 Å². The van der Waals surface area contributed by atoms with Crippen LogP contribution in [0, 0.1) is 0 Å². The molecule has 1 heterocycles. The molecule has 0 saturated heterocycles. The maximum absolute atomic E-state index is 6.34. The zero-order valence-electron chi connectivity index (χ0n) is 11.5. The molecule has 1 aliphatic rings. The van der Waals surface area contributed by atoms with Gasteiger partial charge in [-0.3, -0.25) is 0 Å². The van der Waals surface area contributed by atoms with Crippen LogP contribution in [0.1, 0.15) is 44.5 Å². The van der Waals surface area contributed by atoms with E-state index in [-0.39, 0.29) is 0 Å². The largest absolute Gasteiger partial charge is 0.383 e. The normalized spacial score (nSPS) is 15.1. The van der Waals surface area contributed by atoms with Crippen molar-refractivity contribution in [3.63, 3.8) is 0 Å². The first kappa shape index (κ1) is 13.8. The van der Waals surface area contributed by atoms with E-state index >= 15 is 0 Å². The van der Waals surface area contributed by atoms with E-state index in [9.17, 15) is 0 Å². The van der Waals surface area contributed by atoms with Gasteiger partial charge in [0.1, 0.15) is 17.3 Å². The van der Waals surface area contributed by atoms with E-state index in [1.165, 1.54) is 0 Å². The third-order valence-electron chi connectivity index (χ3n) is 3.60. The van der Waals surface area contributed by atoms with Gasteiger partial charge in [-0.1, -0.05) is 43.1 Å². The van der Waals surface area contributed by atoms with E-state index in [4.69, 9.17) is 33.9 Å². The van der Waals surface area contributed by atoms with Gasteiger partial charge in [-0.2, -0.15) is 0 Å². The Bertz CT molecular complexity index is 637. The highest BCUT2D eigenvalue weighted by molar-refractivity contribution is 6.39. The first-order valence-electron chi connectivity index (χ1n) is 6.82. The minimum Gasteiger partial charge on any atom is -0.383 e. The predicted molar refractivity (Wildman–Crippen MR) is 84.5 cm³/mol. The number of hydrogen-bond acceptors (Lipinski definition) is 2. The van der Waals surface area contributed by atoms with Crippen molar-refractivity contribution in [2.24, 2.45) is 0 Å². The second kappa shape index (κ2) is 4.97. The fraction of sp³-hybridized carbons (Fsp3) is 0.400. The Hall–Kier alpha value is -1.19. The summed E-state index contributed by atoms with van der Waals surface area (Å²) in [5, 5.41) is 1.17. The zero-order chi connectivity index (χ0) is 14.4. The standard InChI is InChI=1S/C15H17Cl2N3/c1-8(2)15-19-13(14(18)20(15)9-6-7-9)12-10(16)4-3-5-11(12)17/h3-5,8-9H,6-7,18H2,1-2H3. The molecule has 0 bridgehead atoms. The predicted octanol–water partition coefficient (Wildman–Crippen LogP) is 4.90. The Labute approximate surface area is 128 Å². The molecule has 3 rings (SSSR count). The lowest BCUT2D eigenvalue weighted by molar-refractivity contribution is 0.646. The number of aromatic nitrogens is 2. The molecule has 0 aliphatic heterocycles. The number of imidazole rings is 1. The Morgan fingerprint density at radius 2 is 1.85 bits per heavy atom. The van der Waals surface area contributed by atoms with Crippen LogP contribution in [-0.2, 0) is 0 Å². The lowest BCUT2D eigenvalue weighted by Gasteiger charge is -2.10. The minimum atomic E-state index is 0.313. The molecule has 0 amide bonds. The first-order chi connectivity index (χ1) is 9.50. The summed E-state index contributed by atoms with van der Waals surface area (Å²) in [5.74, 6) is 2.00. The summed E-state index contributed by atoms with van der Waals surface area (Å²) < 4.78 is 2.15. The molecule has 0 atom stereocenters. The number of benzene rings is 1. The quantitative estimate of drug-likeness (QED) is 0.876. The van der Waals surface area contributed by atoms with Crippen molar-refractivity contribution in [1.29, 1.82) is 0 Å². The number of rotatable bonds is 3. The molecule has 1 aromatic heterocycles. The number of nitrogens with zero attached hydrogens (tertiary/aromatic N) is 2. The van der Waals surface area contributed by atoms with Crippen molar-refractivity contribution >= 4 is 29.0 Å². The fourth-order valence-electron chi connectivity index (χ4n) is 2.49. The van der Waals surface area contributed by atoms with Crippen LogP contribution < -0.4 is 5.73 Å². The second-order valence-corrected chi connectivity index (χ2v) is 6.37. The summed E-state index contributed by atoms with van der Waals surface area (Å²) in [6.07, 6.45) is 2.33. The van der Waals surface area contributed by atoms with Crippen molar-refractivity contribution in [3.8, 4) is 11.3 Å². The maximum Gasteiger partial charge on any atom is 0.132 e. The van der Waals surface area contributed by atoms with Gasteiger partial charge in [-0.15, -0.1) is 0 Å². The number of anilines is 1. The van der Waals surface area contributed by atoms with Crippen LogP contribution in [0.4, 0.5) is 5.82 Å². The molecule has 20 heavy (non-hydrogen) atoms. The molecule has 106 valence electrons. The molecule has 1 aliphatic carbocycles. The summed E-state index contributed by atoms with van der Waals surface area (Å²) in [4.78, 5) is 4.73. The van der Waals surface area contributed by atoms with E-state index in [0.29, 0.717) is 33.5 Å².